The summed E-state index contributed by atoms with van der Waals surface area (Å²) in [6.07, 6.45) is 6.46. The van der Waals surface area contributed by atoms with Gasteiger partial charge >= 0.3 is 0 Å². The second-order valence-corrected chi connectivity index (χ2v) is 9.23. The van der Waals surface area contributed by atoms with Gasteiger partial charge < -0.3 is 15.1 Å². The number of rotatable bonds is 11. The van der Waals surface area contributed by atoms with Crippen molar-refractivity contribution in [1.29, 1.82) is 0 Å². The summed E-state index contributed by atoms with van der Waals surface area (Å²) in [6.45, 7) is 10.1. The van der Waals surface area contributed by atoms with Crippen LogP contribution in [0.2, 0.25) is 5.02 Å². The molecule has 0 aliphatic heterocycles. The molecule has 1 N–H and O–H groups in total. The van der Waals surface area contributed by atoms with Gasteiger partial charge in [-0.25, -0.2) is 4.98 Å². The van der Waals surface area contributed by atoms with Gasteiger partial charge in [0, 0.05) is 41.9 Å². The van der Waals surface area contributed by atoms with Crippen LogP contribution in [-0.4, -0.2) is 49.7 Å². The second-order valence-electron chi connectivity index (χ2n) is 8.79. The van der Waals surface area contributed by atoms with Gasteiger partial charge in [-0.15, -0.1) is 0 Å². The van der Waals surface area contributed by atoms with E-state index in [0.29, 0.717) is 6.04 Å². The third kappa shape index (κ3) is 7.21. The fourth-order valence-corrected chi connectivity index (χ4v) is 4.10. The molecule has 0 radical (unpaired) electrons. The molecule has 0 saturated carbocycles. The summed E-state index contributed by atoms with van der Waals surface area (Å²) < 4.78 is 0. The zero-order valence-corrected chi connectivity index (χ0v) is 21.4. The minimum Gasteiger partial charge on any atom is -0.382 e. The number of fused-ring (bicyclic) bond motifs is 1. The van der Waals surface area contributed by atoms with E-state index >= 15 is 0 Å². The van der Waals surface area contributed by atoms with Crippen LogP contribution >= 0.6 is 11.6 Å². The van der Waals surface area contributed by atoms with Gasteiger partial charge in [0.15, 0.2) is 0 Å². The Morgan fingerprint density at radius 1 is 1.00 bits per heavy atom. The highest BCUT2D eigenvalue weighted by atomic mass is 35.5. The van der Waals surface area contributed by atoms with Gasteiger partial charge in [0.2, 0.25) is 0 Å². The number of halogens is 1. The van der Waals surface area contributed by atoms with Crippen LogP contribution in [0.15, 0.2) is 48.5 Å². The normalized spacial score (nSPS) is 12.6. The van der Waals surface area contributed by atoms with Gasteiger partial charge in [0.25, 0.3) is 0 Å². The predicted octanol–water partition coefficient (Wildman–Crippen LogP) is 7.05. The van der Waals surface area contributed by atoms with Crippen LogP contribution in [-0.2, 0) is 0 Å². The zero-order valence-electron chi connectivity index (χ0n) is 20.6. The summed E-state index contributed by atoms with van der Waals surface area (Å²) in [5, 5.41) is 5.68. The van der Waals surface area contributed by atoms with Gasteiger partial charge in [-0.05, 0) is 87.4 Å². The highest BCUT2D eigenvalue weighted by molar-refractivity contribution is 6.30. The Balaban J connectivity index is 1.85. The van der Waals surface area contributed by atoms with Gasteiger partial charge in [-0.3, -0.25) is 0 Å². The van der Waals surface area contributed by atoms with E-state index in [1.165, 1.54) is 12.1 Å². The lowest BCUT2D eigenvalue weighted by atomic mass is 10.1. The number of hydrogen-bond donors (Lipinski definition) is 1. The van der Waals surface area contributed by atoms with Crippen LogP contribution in [0.3, 0.4) is 0 Å². The lowest BCUT2D eigenvalue weighted by Crippen LogP contribution is -2.25. The predicted molar refractivity (Wildman–Crippen MR) is 147 cm³/mol. The minimum atomic E-state index is 0.377. The average Bonchev–Trinajstić information content (AvgIpc) is 2.81. The fraction of sp³-hybridized carbons (Fsp3) is 0.393. The lowest BCUT2D eigenvalue weighted by Gasteiger charge is -2.21. The largest absolute Gasteiger partial charge is 0.382 e. The SMILES string of the molecule is CCN(CC)CCC[C@H](C)Nc1cc(/C=C\c2ccc(Cl)cc2)nc2ccc(N(C)C)cc12. The number of nitrogens with zero attached hydrogens (tertiary/aromatic N) is 3. The Kier molecular flexibility index (Phi) is 9.16. The minimum absolute atomic E-state index is 0.377. The monoisotopic (exact) mass is 464 g/mol. The summed E-state index contributed by atoms with van der Waals surface area (Å²) in [4.78, 5) is 9.52. The highest BCUT2D eigenvalue weighted by Crippen LogP contribution is 2.29. The number of pyridine rings is 1. The van der Waals surface area contributed by atoms with E-state index in [0.717, 1.165) is 58.9 Å². The number of anilines is 2. The number of hydrogen-bond acceptors (Lipinski definition) is 4. The number of aromatic nitrogens is 1. The smallest absolute Gasteiger partial charge is 0.0731 e. The second kappa shape index (κ2) is 12.1. The number of nitrogens with one attached hydrogen (secondary N) is 1. The molecule has 0 spiro atoms. The van der Waals surface area contributed by atoms with Crippen LogP contribution in [0.25, 0.3) is 23.1 Å². The summed E-state index contributed by atoms with van der Waals surface area (Å²) in [5.74, 6) is 0. The van der Waals surface area contributed by atoms with Crippen LogP contribution in [0.1, 0.15) is 44.9 Å². The van der Waals surface area contributed by atoms with E-state index < -0.39 is 0 Å². The first-order valence-corrected chi connectivity index (χ1v) is 12.3. The molecular weight excluding hydrogens is 428 g/mol. The molecule has 0 unspecified atom stereocenters. The summed E-state index contributed by atoms with van der Waals surface area (Å²) in [5.41, 5.74) is 5.34. The molecule has 1 aromatic heterocycles. The molecule has 0 aliphatic carbocycles. The van der Waals surface area contributed by atoms with Crippen molar-refractivity contribution in [1.82, 2.24) is 9.88 Å². The first-order valence-electron chi connectivity index (χ1n) is 11.9. The molecule has 0 fully saturated rings. The molecule has 3 aromatic rings. The topological polar surface area (TPSA) is 31.4 Å². The van der Waals surface area contributed by atoms with Crippen molar-refractivity contribution in [3.63, 3.8) is 0 Å². The van der Waals surface area contributed by atoms with E-state index in [9.17, 15) is 0 Å². The van der Waals surface area contributed by atoms with Crippen molar-refractivity contribution in [2.75, 3.05) is 43.9 Å². The standard InChI is InChI=1S/C28H37ClN4/c1-6-33(7-2)18-8-9-21(3)30-28-19-24(15-12-22-10-13-23(29)14-11-22)31-27-17-16-25(32(4)5)20-26(27)28/h10-17,19-21H,6-9,18H2,1-5H3,(H,30,31)/b15-12-/t21-/m0/s1. The molecule has 0 bridgehead atoms. The Labute approximate surface area is 204 Å². The van der Waals surface area contributed by atoms with Crippen LogP contribution in [0, 0.1) is 0 Å². The van der Waals surface area contributed by atoms with Crippen LogP contribution in [0.5, 0.6) is 0 Å². The van der Waals surface area contributed by atoms with E-state index in [2.05, 4.69) is 86.4 Å². The maximum atomic E-state index is 6.02. The van der Waals surface area contributed by atoms with Crippen LogP contribution < -0.4 is 10.2 Å². The van der Waals surface area contributed by atoms with Gasteiger partial charge in [-0.1, -0.05) is 43.7 Å². The molecule has 0 aliphatic rings. The molecule has 1 heterocycles. The third-order valence-electron chi connectivity index (χ3n) is 6.05. The van der Waals surface area contributed by atoms with Crippen molar-refractivity contribution < 1.29 is 0 Å². The molecule has 5 heteroatoms. The van der Waals surface area contributed by atoms with Crippen molar-refractivity contribution in [3.05, 3.63) is 64.8 Å². The third-order valence-corrected chi connectivity index (χ3v) is 6.30. The van der Waals surface area contributed by atoms with Crippen molar-refractivity contribution >= 4 is 46.0 Å². The van der Waals surface area contributed by atoms with Gasteiger partial charge in [0.05, 0.1) is 11.2 Å². The van der Waals surface area contributed by atoms with E-state index in [1.54, 1.807) is 0 Å². The Morgan fingerprint density at radius 2 is 1.73 bits per heavy atom. The summed E-state index contributed by atoms with van der Waals surface area (Å²) >= 11 is 6.02. The quantitative estimate of drug-likeness (QED) is 0.329. The lowest BCUT2D eigenvalue weighted by molar-refractivity contribution is 0.295. The summed E-state index contributed by atoms with van der Waals surface area (Å²) in [6, 6.07) is 16.8. The Bertz CT molecular complexity index is 1060. The first kappa shape index (κ1) is 25.1. The van der Waals surface area contributed by atoms with Crippen molar-refractivity contribution in [2.45, 2.75) is 39.7 Å². The van der Waals surface area contributed by atoms with E-state index in [1.807, 2.05) is 24.3 Å². The molecule has 176 valence electrons. The highest BCUT2D eigenvalue weighted by Gasteiger charge is 2.10. The zero-order chi connectivity index (χ0) is 23.8. The van der Waals surface area contributed by atoms with E-state index in [-0.39, 0.29) is 0 Å². The molecule has 0 saturated heterocycles. The fourth-order valence-electron chi connectivity index (χ4n) is 3.97. The van der Waals surface area contributed by atoms with Gasteiger partial charge in [0.1, 0.15) is 0 Å². The van der Waals surface area contributed by atoms with Crippen LogP contribution in [0.4, 0.5) is 11.4 Å². The van der Waals surface area contributed by atoms with Crippen molar-refractivity contribution in [2.24, 2.45) is 0 Å². The molecular formula is C28H37ClN4. The molecule has 1 atom stereocenters. The average molecular weight is 465 g/mol. The number of benzene rings is 2. The molecule has 4 nitrogen and oxygen atoms in total. The molecule has 2 aromatic carbocycles. The Hall–Kier alpha value is -2.56. The maximum Gasteiger partial charge on any atom is 0.0731 e. The first-order chi connectivity index (χ1) is 15.9. The maximum absolute atomic E-state index is 6.02. The molecule has 33 heavy (non-hydrogen) atoms. The molecule has 0 amide bonds. The molecule has 3 rings (SSSR count). The van der Waals surface area contributed by atoms with E-state index in [4.69, 9.17) is 16.6 Å². The Morgan fingerprint density at radius 3 is 2.39 bits per heavy atom. The van der Waals surface area contributed by atoms with Crippen molar-refractivity contribution in [3.8, 4) is 0 Å². The summed E-state index contributed by atoms with van der Waals surface area (Å²) in [7, 11) is 4.14. The van der Waals surface area contributed by atoms with Gasteiger partial charge in [-0.2, -0.15) is 0 Å².